The summed E-state index contributed by atoms with van der Waals surface area (Å²) in [4.78, 5) is 16.8. The monoisotopic (exact) mass is 286 g/mol. The summed E-state index contributed by atoms with van der Waals surface area (Å²) in [5, 5.41) is 11.2. The standard InChI is InChI=1S/C15H18N4O2/c1-11-5-3-6-12(9-11)13-7-4-8-18(13)15-14(19(20)21)16-10-17(15)2/h3,5-6,9-10,13H,4,7-8H2,1-2H3. The van der Waals surface area contributed by atoms with E-state index in [4.69, 9.17) is 0 Å². The highest BCUT2D eigenvalue weighted by Gasteiger charge is 2.34. The number of hydrogen-bond acceptors (Lipinski definition) is 4. The molecule has 21 heavy (non-hydrogen) atoms. The Bertz CT molecular complexity index is 680. The van der Waals surface area contributed by atoms with E-state index in [1.54, 1.807) is 11.6 Å². The molecule has 0 spiro atoms. The van der Waals surface area contributed by atoms with Crippen LogP contribution in [0.2, 0.25) is 0 Å². The van der Waals surface area contributed by atoms with Crippen molar-refractivity contribution in [2.75, 3.05) is 11.4 Å². The maximum Gasteiger partial charge on any atom is 0.406 e. The minimum Gasteiger partial charge on any atom is -0.358 e. The molecule has 1 unspecified atom stereocenters. The highest BCUT2D eigenvalue weighted by atomic mass is 16.6. The number of anilines is 1. The Morgan fingerprint density at radius 1 is 1.43 bits per heavy atom. The molecule has 1 aliphatic heterocycles. The average molecular weight is 286 g/mol. The van der Waals surface area contributed by atoms with Gasteiger partial charge in [-0.2, -0.15) is 0 Å². The van der Waals surface area contributed by atoms with Gasteiger partial charge in [0.2, 0.25) is 12.1 Å². The molecule has 1 aliphatic rings. The molecule has 6 nitrogen and oxygen atoms in total. The van der Waals surface area contributed by atoms with Crippen molar-refractivity contribution in [3.8, 4) is 0 Å². The van der Waals surface area contributed by atoms with E-state index in [2.05, 4.69) is 35.0 Å². The van der Waals surface area contributed by atoms with Gasteiger partial charge in [-0.25, -0.2) is 0 Å². The van der Waals surface area contributed by atoms with Gasteiger partial charge < -0.3 is 15.0 Å². The summed E-state index contributed by atoms with van der Waals surface area (Å²) >= 11 is 0. The molecule has 1 saturated heterocycles. The van der Waals surface area contributed by atoms with Crippen LogP contribution in [0.3, 0.4) is 0 Å². The molecule has 0 bridgehead atoms. The zero-order valence-electron chi connectivity index (χ0n) is 12.2. The van der Waals surface area contributed by atoms with E-state index in [1.165, 1.54) is 17.5 Å². The number of benzene rings is 1. The van der Waals surface area contributed by atoms with Crippen LogP contribution in [0.15, 0.2) is 30.6 Å². The Labute approximate surface area is 123 Å². The first-order valence-corrected chi connectivity index (χ1v) is 7.07. The van der Waals surface area contributed by atoms with Crippen LogP contribution in [0.5, 0.6) is 0 Å². The molecule has 6 heteroatoms. The summed E-state index contributed by atoms with van der Waals surface area (Å²) in [7, 11) is 1.81. The van der Waals surface area contributed by atoms with Crippen molar-refractivity contribution in [1.82, 2.24) is 9.55 Å². The van der Waals surface area contributed by atoms with E-state index in [9.17, 15) is 10.1 Å². The molecule has 0 aliphatic carbocycles. The number of rotatable bonds is 3. The molecule has 1 aromatic carbocycles. The van der Waals surface area contributed by atoms with Crippen molar-refractivity contribution in [2.24, 2.45) is 7.05 Å². The third kappa shape index (κ3) is 2.37. The van der Waals surface area contributed by atoms with E-state index in [1.807, 2.05) is 6.07 Å². The summed E-state index contributed by atoms with van der Waals surface area (Å²) < 4.78 is 1.74. The van der Waals surface area contributed by atoms with Gasteiger partial charge >= 0.3 is 5.82 Å². The predicted octanol–water partition coefficient (Wildman–Crippen LogP) is 2.98. The first-order valence-electron chi connectivity index (χ1n) is 7.07. The van der Waals surface area contributed by atoms with Crippen LogP contribution in [0.25, 0.3) is 0 Å². The second kappa shape index (κ2) is 5.20. The third-order valence-electron chi connectivity index (χ3n) is 4.01. The van der Waals surface area contributed by atoms with Crippen molar-refractivity contribution < 1.29 is 4.92 Å². The largest absolute Gasteiger partial charge is 0.406 e. The predicted molar refractivity (Wildman–Crippen MR) is 80.4 cm³/mol. The summed E-state index contributed by atoms with van der Waals surface area (Å²) in [6, 6.07) is 8.54. The SMILES string of the molecule is Cc1cccc(C2CCCN2c2c([N+](=O)[O-])ncn2C)c1. The molecule has 110 valence electrons. The van der Waals surface area contributed by atoms with Crippen LogP contribution in [0, 0.1) is 17.0 Å². The Hall–Kier alpha value is -2.37. The molecule has 1 aromatic heterocycles. The Morgan fingerprint density at radius 2 is 2.24 bits per heavy atom. The lowest BCUT2D eigenvalue weighted by atomic mass is 10.0. The van der Waals surface area contributed by atoms with Crippen LogP contribution in [0.1, 0.15) is 30.0 Å². The Morgan fingerprint density at radius 3 is 2.95 bits per heavy atom. The van der Waals surface area contributed by atoms with Gasteiger partial charge in [0, 0.05) is 13.6 Å². The first-order chi connectivity index (χ1) is 10.1. The van der Waals surface area contributed by atoms with Gasteiger partial charge in [-0.05, 0) is 35.2 Å². The summed E-state index contributed by atoms with van der Waals surface area (Å²) in [5.74, 6) is 0.543. The second-order valence-electron chi connectivity index (χ2n) is 5.53. The summed E-state index contributed by atoms with van der Waals surface area (Å²) in [6.45, 7) is 2.88. The van der Waals surface area contributed by atoms with E-state index in [0.717, 1.165) is 19.4 Å². The lowest BCUT2D eigenvalue weighted by Crippen LogP contribution is -2.25. The van der Waals surface area contributed by atoms with Crippen LogP contribution in [-0.2, 0) is 7.05 Å². The number of nitro groups is 1. The van der Waals surface area contributed by atoms with Crippen LogP contribution >= 0.6 is 0 Å². The lowest BCUT2D eigenvalue weighted by molar-refractivity contribution is -0.388. The zero-order valence-corrected chi connectivity index (χ0v) is 12.2. The summed E-state index contributed by atoms with van der Waals surface area (Å²) in [6.07, 6.45) is 3.55. The van der Waals surface area contributed by atoms with Gasteiger partial charge in [0.05, 0.1) is 6.04 Å². The minimum atomic E-state index is -0.402. The minimum absolute atomic E-state index is 0.0583. The normalized spacial score (nSPS) is 18.2. The Balaban J connectivity index is 2.02. The maximum absolute atomic E-state index is 11.2. The molecule has 0 saturated carbocycles. The fourth-order valence-electron chi connectivity index (χ4n) is 3.12. The van der Waals surface area contributed by atoms with Gasteiger partial charge in [-0.1, -0.05) is 29.8 Å². The molecule has 0 radical (unpaired) electrons. The number of nitrogens with zero attached hydrogens (tertiary/aromatic N) is 4. The molecule has 0 amide bonds. The average Bonchev–Trinajstić information content (AvgIpc) is 3.04. The van der Waals surface area contributed by atoms with E-state index >= 15 is 0 Å². The fourth-order valence-corrected chi connectivity index (χ4v) is 3.12. The lowest BCUT2D eigenvalue weighted by Gasteiger charge is -2.26. The number of aryl methyl sites for hydroxylation is 2. The van der Waals surface area contributed by atoms with E-state index in [0.29, 0.717) is 5.82 Å². The van der Waals surface area contributed by atoms with Gasteiger partial charge in [0.25, 0.3) is 0 Å². The highest BCUT2D eigenvalue weighted by molar-refractivity contribution is 5.57. The molecule has 0 N–H and O–H groups in total. The van der Waals surface area contributed by atoms with Gasteiger partial charge in [-0.15, -0.1) is 0 Å². The van der Waals surface area contributed by atoms with Crippen LogP contribution in [0.4, 0.5) is 11.6 Å². The zero-order chi connectivity index (χ0) is 15.0. The van der Waals surface area contributed by atoms with E-state index in [-0.39, 0.29) is 11.9 Å². The van der Waals surface area contributed by atoms with Crippen LogP contribution < -0.4 is 4.90 Å². The molecule has 2 heterocycles. The molecule has 1 atom stereocenters. The Kier molecular flexibility index (Phi) is 3.37. The smallest absolute Gasteiger partial charge is 0.358 e. The second-order valence-corrected chi connectivity index (χ2v) is 5.53. The first kappa shape index (κ1) is 13.6. The van der Waals surface area contributed by atoms with Crippen molar-refractivity contribution in [2.45, 2.75) is 25.8 Å². The molecule has 2 aromatic rings. The fraction of sp³-hybridized carbons (Fsp3) is 0.400. The van der Waals surface area contributed by atoms with Crippen molar-refractivity contribution >= 4 is 11.6 Å². The number of imidazole rings is 1. The number of hydrogen-bond donors (Lipinski definition) is 0. The van der Waals surface area contributed by atoms with Gasteiger partial charge in [0.15, 0.2) is 0 Å². The molecular formula is C15H18N4O2. The van der Waals surface area contributed by atoms with Crippen molar-refractivity contribution in [3.63, 3.8) is 0 Å². The maximum atomic E-state index is 11.2. The van der Waals surface area contributed by atoms with Gasteiger partial charge in [0.1, 0.15) is 0 Å². The number of aromatic nitrogens is 2. The molecule has 1 fully saturated rings. The highest BCUT2D eigenvalue weighted by Crippen LogP contribution is 2.39. The van der Waals surface area contributed by atoms with Crippen molar-refractivity contribution in [3.05, 3.63) is 51.8 Å². The van der Waals surface area contributed by atoms with E-state index < -0.39 is 4.92 Å². The van der Waals surface area contributed by atoms with Crippen molar-refractivity contribution in [1.29, 1.82) is 0 Å². The molecular weight excluding hydrogens is 268 g/mol. The summed E-state index contributed by atoms with van der Waals surface area (Å²) in [5.41, 5.74) is 2.42. The topological polar surface area (TPSA) is 64.2 Å². The quantitative estimate of drug-likeness (QED) is 0.642. The molecule has 3 rings (SSSR count). The third-order valence-corrected chi connectivity index (χ3v) is 4.01. The van der Waals surface area contributed by atoms with Crippen LogP contribution in [-0.4, -0.2) is 21.0 Å². The van der Waals surface area contributed by atoms with Gasteiger partial charge in [-0.3, -0.25) is 4.57 Å².